The second-order valence-corrected chi connectivity index (χ2v) is 9.74. The monoisotopic (exact) mass is 868 g/mol. The van der Waals surface area contributed by atoms with Crippen molar-refractivity contribution >= 4 is 5.97 Å². The number of hydrogen-bond donors (Lipinski definition) is 0. The highest BCUT2D eigenvalue weighted by atomic mass is 19.4. The summed E-state index contributed by atoms with van der Waals surface area (Å²) >= 11 is 0. The summed E-state index contributed by atoms with van der Waals surface area (Å²) < 4.78 is 423. The molecule has 316 valence electrons. The van der Waals surface area contributed by atoms with Crippen molar-refractivity contribution in [3.8, 4) is 0 Å². The van der Waals surface area contributed by atoms with E-state index < -0.39 is 107 Å². The Morgan fingerprint density at radius 1 is 0.358 bits per heavy atom. The highest BCUT2D eigenvalue weighted by Gasteiger charge is 3.01. The van der Waals surface area contributed by atoms with Gasteiger partial charge in [0, 0.05) is 0 Å². The van der Waals surface area contributed by atoms with Crippen LogP contribution in [-0.4, -0.2) is 102 Å². The van der Waals surface area contributed by atoms with Crippen LogP contribution in [0.15, 0.2) is 12.2 Å². The Hall–Kier alpha value is -2.96. The van der Waals surface area contributed by atoms with Crippen molar-refractivity contribution in [3.63, 3.8) is 0 Å². The van der Waals surface area contributed by atoms with Crippen LogP contribution in [0.5, 0.6) is 0 Å². The lowest BCUT2D eigenvalue weighted by atomic mass is 9.82. The number of ether oxygens (including phenoxy) is 1. The molecule has 0 saturated heterocycles. The summed E-state index contributed by atoms with van der Waals surface area (Å²) in [5.74, 6) is -136. The van der Waals surface area contributed by atoms with Crippen LogP contribution in [0.4, 0.5) is 136 Å². The van der Waals surface area contributed by atoms with E-state index in [1.165, 1.54) is 0 Å². The summed E-state index contributed by atoms with van der Waals surface area (Å²) in [6, 6.07) is 0. The predicted molar refractivity (Wildman–Crippen MR) is 101 cm³/mol. The number of alkyl halides is 31. The zero-order valence-electron chi connectivity index (χ0n) is 23.4. The molecule has 0 aliphatic rings. The van der Waals surface area contributed by atoms with Crippen molar-refractivity contribution < 1.29 is 146 Å². The maximum absolute atomic E-state index is 13.9. The highest BCUT2D eigenvalue weighted by molar-refractivity contribution is 5.90. The Balaban J connectivity index is 7.68. The van der Waals surface area contributed by atoms with Gasteiger partial charge in [0.25, 0.3) is 0 Å². The van der Waals surface area contributed by atoms with E-state index in [9.17, 15) is 141 Å². The molecular weight excluding hydrogens is 861 g/mol. The minimum Gasteiger partial charge on any atom is -0.462 e. The van der Waals surface area contributed by atoms with E-state index in [2.05, 4.69) is 4.74 Å². The third-order valence-corrected chi connectivity index (χ3v) is 6.38. The fourth-order valence-electron chi connectivity index (χ4n) is 3.08. The van der Waals surface area contributed by atoms with Crippen LogP contribution in [0.3, 0.4) is 0 Å². The molecule has 53 heavy (non-hydrogen) atoms. The molecule has 0 aliphatic heterocycles. The van der Waals surface area contributed by atoms with Gasteiger partial charge in [0.15, 0.2) is 0 Å². The van der Waals surface area contributed by atoms with Gasteiger partial charge in [0.1, 0.15) is 5.57 Å². The Labute approximate surface area is 267 Å². The molecule has 0 aromatic carbocycles. The Morgan fingerprint density at radius 2 is 0.528 bits per heavy atom. The fraction of sp³-hybridized carbons (Fsp3) is 0.850. The molecule has 2 nitrogen and oxygen atoms in total. The summed E-state index contributed by atoms with van der Waals surface area (Å²) in [6.07, 6.45) is -8.36. The molecule has 0 unspecified atom stereocenters. The first-order chi connectivity index (χ1) is 22.4. The largest absolute Gasteiger partial charge is 0.462 e. The number of hydrogen-bond acceptors (Lipinski definition) is 2. The Bertz CT molecular complexity index is 1380. The summed E-state index contributed by atoms with van der Waals surface area (Å²) in [4.78, 5) is 11.1. The zero-order chi connectivity index (χ0) is 44.1. The standard InChI is InChI=1S/C20H7F31O2/c1-3-53-5(52)4(2)6(21,22)7(23,24)8(25,26)9(27,28)10(29,30)11(31,32)12(33,34)13(35,36)14(37,38)15(39,40)16(41,42)17(43,44)18(45,46)19(47,48)20(49,50)51/h2-3H2,1H3. The molecule has 0 bridgehead atoms. The minimum atomic E-state index is -10.1. The number of carbonyl (C=O) groups excluding carboxylic acids is 1. The molecule has 0 aromatic heterocycles. The number of rotatable bonds is 16. The molecule has 0 atom stereocenters. The third-order valence-electron chi connectivity index (χ3n) is 6.38. The zero-order valence-corrected chi connectivity index (χ0v) is 23.4. The summed E-state index contributed by atoms with van der Waals surface area (Å²) in [7, 11) is 0. The van der Waals surface area contributed by atoms with E-state index in [0.29, 0.717) is 6.92 Å². The predicted octanol–water partition coefficient (Wildman–Crippen LogP) is 10.6. The van der Waals surface area contributed by atoms with E-state index in [1.807, 2.05) is 0 Å². The second-order valence-electron chi connectivity index (χ2n) is 9.74. The molecule has 0 saturated carbocycles. The number of esters is 1. The molecule has 0 N–H and O–H groups in total. The van der Waals surface area contributed by atoms with Gasteiger partial charge in [-0.1, -0.05) is 6.58 Å². The molecule has 0 amide bonds. The SMILES string of the molecule is C=C(C(=O)OCC)C(F)(F)C(F)(F)C(F)(F)C(F)(F)C(F)(F)C(F)(F)C(F)(F)C(F)(F)C(F)(F)C(F)(F)C(F)(F)C(F)(F)C(F)(F)C(F)(F)C(F)(F)F. The molecule has 0 aromatic rings. The number of carbonyl (C=O) groups is 1. The molecule has 33 heteroatoms. The van der Waals surface area contributed by atoms with Crippen molar-refractivity contribution in [2.24, 2.45) is 0 Å². The van der Waals surface area contributed by atoms with Crippen molar-refractivity contribution in [2.45, 2.75) is 96.0 Å². The van der Waals surface area contributed by atoms with Crippen molar-refractivity contribution in [2.75, 3.05) is 6.61 Å². The maximum atomic E-state index is 13.9. The van der Waals surface area contributed by atoms with Gasteiger partial charge in [-0.25, -0.2) is 4.79 Å². The summed E-state index contributed by atoms with van der Waals surface area (Å²) in [6.45, 7) is 0.877. The normalized spacial score (nSPS) is 16.5. The van der Waals surface area contributed by atoms with Gasteiger partial charge in [-0.2, -0.15) is 136 Å². The van der Waals surface area contributed by atoms with Crippen molar-refractivity contribution in [3.05, 3.63) is 12.2 Å². The maximum Gasteiger partial charge on any atom is 0.460 e. The van der Waals surface area contributed by atoms with Gasteiger partial charge in [0.05, 0.1) is 6.61 Å². The average Bonchev–Trinajstić information content (AvgIpc) is 2.94. The van der Waals surface area contributed by atoms with Crippen LogP contribution in [0, 0.1) is 0 Å². The van der Waals surface area contributed by atoms with E-state index in [-0.39, 0.29) is 0 Å². The van der Waals surface area contributed by atoms with Crippen LogP contribution in [0.25, 0.3) is 0 Å². The molecule has 0 spiro atoms. The van der Waals surface area contributed by atoms with Crippen LogP contribution in [-0.2, 0) is 9.53 Å². The lowest BCUT2D eigenvalue weighted by Gasteiger charge is -2.46. The number of halogens is 31. The highest BCUT2D eigenvalue weighted by Crippen LogP contribution is 2.69. The van der Waals surface area contributed by atoms with Gasteiger partial charge < -0.3 is 4.74 Å². The average molecular weight is 868 g/mol. The van der Waals surface area contributed by atoms with Gasteiger partial charge in [0.2, 0.25) is 0 Å². The smallest absolute Gasteiger partial charge is 0.460 e. The minimum absolute atomic E-state index is 0.566. The molecule has 0 radical (unpaired) electrons. The molecule has 0 aliphatic carbocycles. The molecule has 0 fully saturated rings. The van der Waals surface area contributed by atoms with Crippen LogP contribution in [0.1, 0.15) is 6.92 Å². The van der Waals surface area contributed by atoms with E-state index >= 15 is 0 Å². The summed E-state index contributed by atoms with van der Waals surface area (Å²) in [5.41, 5.74) is -3.52. The topological polar surface area (TPSA) is 26.3 Å². The lowest BCUT2D eigenvalue weighted by molar-refractivity contribution is -0.489. The van der Waals surface area contributed by atoms with E-state index in [0.717, 1.165) is 0 Å². The fourth-order valence-corrected chi connectivity index (χ4v) is 3.08. The van der Waals surface area contributed by atoms with Crippen LogP contribution < -0.4 is 0 Å². The Kier molecular flexibility index (Phi) is 11.8. The third kappa shape index (κ3) is 5.86. The first kappa shape index (κ1) is 50.0. The van der Waals surface area contributed by atoms with Gasteiger partial charge in [-0.3, -0.25) is 0 Å². The van der Waals surface area contributed by atoms with Crippen LogP contribution >= 0.6 is 0 Å². The lowest BCUT2D eigenvalue weighted by Crippen LogP contribution is -2.79. The van der Waals surface area contributed by atoms with Crippen LogP contribution in [0.2, 0.25) is 0 Å². The molecular formula is C20H7F31O2. The Morgan fingerprint density at radius 3 is 0.698 bits per heavy atom. The van der Waals surface area contributed by atoms with Gasteiger partial charge in [-0.05, 0) is 6.92 Å². The first-order valence-corrected chi connectivity index (χ1v) is 11.6. The van der Waals surface area contributed by atoms with Gasteiger partial charge in [-0.15, -0.1) is 0 Å². The molecule has 0 heterocycles. The van der Waals surface area contributed by atoms with E-state index in [4.69, 9.17) is 0 Å². The first-order valence-electron chi connectivity index (χ1n) is 11.6. The van der Waals surface area contributed by atoms with E-state index in [1.54, 1.807) is 6.58 Å². The van der Waals surface area contributed by atoms with Crippen molar-refractivity contribution in [1.82, 2.24) is 0 Å². The second kappa shape index (κ2) is 12.5. The van der Waals surface area contributed by atoms with Crippen molar-refractivity contribution in [1.29, 1.82) is 0 Å². The molecule has 0 rings (SSSR count). The summed E-state index contributed by atoms with van der Waals surface area (Å²) in [5, 5.41) is 0. The van der Waals surface area contributed by atoms with Gasteiger partial charge >= 0.3 is 95.1 Å². The quantitative estimate of drug-likeness (QED) is 0.0878.